The van der Waals surface area contributed by atoms with Gasteiger partial charge in [-0.2, -0.15) is 0 Å². The Balaban J connectivity index is 2.37. The summed E-state index contributed by atoms with van der Waals surface area (Å²) in [5.74, 6) is 0.0993. The minimum Gasteiger partial charge on any atom is -0.387 e. The monoisotopic (exact) mass is 224 g/mol. The van der Waals surface area contributed by atoms with Gasteiger partial charge in [0.1, 0.15) is 11.7 Å². The normalized spacial score (nSPS) is 21.1. The van der Waals surface area contributed by atoms with Gasteiger partial charge < -0.3 is 5.73 Å². The first-order valence-electron chi connectivity index (χ1n) is 4.82. The van der Waals surface area contributed by atoms with E-state index in [4.69, 9.17) is 5.73 Å². The lowest BCUT2D eigenvalue weighted by molar-refractivity contribution is 0.545. The van der Waals surface area contributed by atoms with Crippen molar-refractivity contribution in [2.24, 2.45) is 10.7 Å². The zero-order chi connectivity index (χ0) is 11.0. The minimum atomic E-state index is -0.221. The summed E-state index contributed by atoms with van der Waals surface area (Å²) in [6.07, 6.45) is 1.72. The number of amidine groups is 1. The van der Waals surface area contributed by atoms with Crippen LogP contribution in [0, 0.1) is 13.8 Å². The zero-order valence-electron chi connectivity index (χ0n) is 8.75. The van der Waals surface area contributed by atoms with Gasteiger partial charge in [0.25, 0.3) is 0 Å². The van der Waals surface area contributed by atoms with Gasteiger partial charge in [0.05, 0.1) is 12.1 Å². The Bertz CT molecular complexity index is 445. The van der Waals surface area contributed by atoms with Gasteiger partial charge in [0, 0.05) is 16.2 Å². The Morgan fingerprint density at radius 2 is 2.27 bits per heavy atom. The maximum absolute atomic E-state index is 13.6. The summed E-state index contributed by atoms with van der Waals surface area (Å²) in [6.45, 7) is 4.04. The Labute approximate surface area is 92.3 Å². The van der Waals surface area contributed by atoms with Gasteiger partial charge in [0.15, 0.2) is 0 Å². The van der Waals surface area contributed by atoms with E-state index in [1.54, 1.807) is 11.3 Å². The van der Waals surface area contributed by atoms with Gasteiger partial charge >= 0.3 is 0 Å². The fourth-order valence-corrected chi connectivity index (χ4v) is 2.96. The van der Waals surface area contributed by atoms with Crippen molar-refractivity contribution in [1.82, 2.24) is 0 Å². The quantitative estimate of drug-likeness (QED) is 0.782. The highest BCUT2D eigenvalue weighted by atomic mass is 32.1. The second kappa shape index (κ2) is 3.77. The number of hydrogen-bond acceptors (Lipinski definition) is 3. The summed E-state index contributed by atoms with van der Waals surface area (Å²) in [5.41, 5.74) is 6.76. The van der Waals surface area contributed by atoms with E-state index in [0.717, 1.165) is 10.4 Å². The highest BCUT2D eigenvalue weighted by Crippen LogP contribution is 2.37. The van der Waals surface area contributed by atoms with E-state index in [2.05, 4.69) is 11.1 Å². The smallest absolute Gasteiger partial charge is 0.127 e. The van der Waals surface area contributed by atoms with Crippen molar-refractivity contribution in [3.05, 3.63) is 33.4 Å². The molecule has 2 N–H and O–H groups in total. The largest absolute Gasteiger partial charge is 0.387 e. The summed E-state index contributed by atoms with van der Waals surface area (Å²) >= 11 is 1.64. The molecule has 0 bridgehead atoms. The third-order valence-electron chi connectivity index (χ3n) is 2.50. The molecule has 1 aliphatic heterocycles. The number of allylic oxidation sites excluding steroid dienone is 1. The van der Waals surface area contributed by atoms with Crippen molar-refractivity contribution >= 4 is 17.2 Å². The van der Waals surface area contributed by atoms with Crippen molar-refractivity contribution in [2.75, 3.05) is 0 Å². The molecule has 15 heavy (non-hydrogen) atoms. The average molecular weight is 224 g/mol. The molecule has 1 aromatic rings. The van der Waals surface area contributed by atoms with E-state index in [-0.39, 0.29) is 11.7 Å². The number of aliphatic imine (C=N–C) groups is 1. The second-order valence-electron chi connectivity index (χ2n) is 3.80. The van der Waals surface area contributed by atoms with Gasteiger partial charge in [-0.05, 0) is 25.5 Å². The Hall–Kier alpha value is -1.16. The van der Waals surface area contributed by atoms with E-state index in [0.29, 0.717) is 12.3 Å². The van der Waals surface area contributed by atoms with E-state index >= 15 is 0 Å². The number of nitrogens with zero attached hydrogens (tertiary/aromatic N) is 1. The topological polar surface area (TPSA) is 38.4 Å². The molecule has 1 aliphatic rings. The van der Waals surface area contributed by atoms with Crippen LogP contribution in [0.2, 0.25) is 0 Å². The standard InChI is InChI=1S/C11H13FN2S/c1-6-3-7(2)15-11(6)8-4-10(13)14-5-9(8)12/h3,5,8H,4H2,1-2H3,(H2,13,14). The molecule has 4 heteroatoms. The maximum atomic E-state index is 13.6. The van der Waals surface area contributed by atoms with Crippen LogP contribution in [-0.4, -0.2) is 5.84 Å². The lowest BCUT2D eigenvalue weighted by Crippen LogP contribution is -2.18. The number of rotatable bonds is 1. The van der Waals surface area contributed by atoms with E-state index in [1.165, 1.54) is 11.1 Å². The molecule has 2 nitrogen and oxygen atoms in total. The molecule has 80 valence electrons. The summed E-state index contributed by atoms with van der Waals surface area (Å²) < 4.78 is 13.6. The molecule has 0 saturated heterocycles. The molecule has 0 radical (unpaired) electrons. The van der Waals surface area contributed by atoms with Crippen LogP contribution < -0.4 is 5.73 Å². The first kappa shape index (κ1) is 10.4. The first-order valence-corrected chi connectivity index (χ1v) is 5.64. The molecule has 1 atom stereocenters. The van der Waals surface area contributed by atoms with Crippen molar-refractivity contribution in [3.63, 3.8) is 0 Å². The molecule has 1 unspecified atom stereocenters. The van der Waals surface area contributed by atoms with Gasteiger partial charge in [-0.15, -0.1) is 11.3 Å². The fourth-order valence-electron chi connectivity index (χ4n) is 1.82. The van der Waals surface area contributed by atoms with Crippen LogP contribution >= 0.6 is 11.3 Å². The predicted octanol–water partition coefficient (Wildman–Crippen LogP) is 3.02. The number of thiophene rings is 1. The van der Waals surface area contributed by atoms with Crippen LogP contribution in [0.3, 0.4) is 0 Å². The Kier molecular flexibility index (Phi) is 2.61. The lowest BCUT2D eigenvalue weighted by Gasteiger charge is -2.17. The van der Waals surface area contributed by atoms with Gasteiger partial charge in [-0.3, -0.25) is 0 Å². The third kappa shape index (κ3) is 1.95. The van der Waals surface area contributed by atoms with Crippen molar-refractivity contribution in [2.45, 2.75) is 26.2 Å². The van der Waals surface area contributed by atoms with E-state index < -0.39 is 0 Å². The number of nitrogens with two attached hydrogens (primary N) is 1. The summed E-state index contributed by atoms with van der Waals surface area (Å²) in [7, 11) is 0. The van der Waals surface area contributed by atoms with E-state index in [9.17, 15) is 4.39 Å². The minimum absolute atomic E-state index is 0.186. The first-order chi connectivity index (χ1) is 7.08. The Morgan fingerprint density at radius 3 is 2.87 bits per heavy atom. The molecule has 0 aromatic carbocycles. The molecule has 0 saturated carbocycles. The van der Waals surface area contributed by atoms with E-state index in [1.807, 2.05) is 13.8 Å². The Morgan fingerprint density at radius 1 is 1.53 bits per heavy atom. The summed E-state index contributed by atoms with van der Waals surface area (Å²) in [5, 5.41) is 0. The summed E-state index contributed by atoms with van der Waals surface area (Å²) in [4.78, 5) is 6.06. The van der Waals surface area contributed by atoms with Gasteiger partial charge in [-0.25, -0.2) is 9.38 Å². The molecule has 0 aliphatic carbocycles. The van der Waals surface area contributed by atoms with Crippen LogP contribution in [0.15, 0.2) is 23.1 Å². The SMILES string of the molecule is Cc1cc(C)c(C2CC(N)=NC=C2F)s1. The molecule has 0 fully saturated rings. The number of hydrogen-bond donors (Lipinski definition) is 1. The highest BCUT2D eigenvalue weighted by Gasteiger charge is 2.24. The average Bonchev–Trinajstić information content (AvgIpc) is 2.50. The van der Waals surface area contributed by atoms with Gasteiger partial charge in [0.2, 0.25) is 0 Å². The maximum Gasteiger partial charge on any atom is 0.127 e. The second-order valence-corrected chi connectivity index (χ2v) is 5.08. The molecule has 0 amide bonds. The van der Waals surface area contributed by atoms with Crippen LogP contribution in [0.4, 0.5) is 4.39 Å². The number of aryl methyl sites for hydroxylation is 2. The van der Waals surface area contributed by atoms with Crippen LogP contribution in [0.25, 0.3) is 0 Å². The van der Waals surface area contributed by atoms with Crippen LogP contribution in [0.5, 0.6) is 0 Å². The zero-order valence-corrected chi connectivity index (χ0v) is 9.57. The van der Waals surface area contributed by atoms with Crippen molar-refractivity contribution in [1.29, 1.82) is 0 Å². The predicted molar refractivity (Wildman–Crippen MR) is 62.0 cm³/mol. The fraction of sp³-hybridized carbons (Fsp3) is 0.364. The third-order valence-corrected chi connectivity index (χ3v) is 3.76. The molecule has 0 spiro atoms. The van der Waals surface area contributed by atoms with Crippen LogP contribution in [0.1, 0.15) is 27.7 Å². The van der Waals surface area contributed by atoms with Crippen molar-refractivity contribution < 1.29 is 4.39 Å². The molecule has 2 rings (SSSR count). The highest BCUT2D eigenvalue weighted by molar-refractivity contribution is 7.12. The summed E-state index contributed by atoms with van der Waals surface area (Å²) in [6, 6.07) is 2.08. The number of halogens is 1. The lowest BCUT2D eigenvalue weighted by atomic mass is 9.97. The van der Waals surface area contributed by atoms with Crippen molar-refractivity contribution in [3.8, 4) is 0 Å². The van der Waals surface area contributed by atoms with Crippen LogP contribution in [-0.2, 0) is 0 Å². The molecular formula is C11H13FN2S. The molecule has 2 heterocycles. The molecular weight excluding hydrogens is 211 g/mol. The van der Waals surface area contributed by atoms with Gasteiger partial charge in [-0.1, -0.05) is 0 Å². The molecule has 1 aromatic heterocycles.